The fourth-order valence-electron chi connectivity index (χ4n) is 3.98. The number of benzene rings is 3. The molecule has 182 valence electrons. The summed E-state index contributed by atoms with van der Waals surface area (Å²) in [5, 5.41) is 3.24. The molecule has 3 aromatic rings. The summed E-state index contributed by atoms with van der Waals surface area (Å²) < 4.78 is 45.1. The zero-order chi connectivity index (χ0) is 25.0. The third-order valence-corrected chi connectivity index (χ3v) is 5.84. The number of methoxy groups -OCH3 is 1. The molecule has 0 unspecified atom stereocenters. The molecule has 9 heteroatoms. The molecule has 0 spiro atoms. The van der Waals surface area contributed by atoms with Crippen LogP contribution in [-0.2, 0) is 6.18 Å². The van der Waals surface area contributed by atoms with Crippen LogP contribution in [0, 0.1) is 0 Å². The maximum Gasteiger partial charge on any atom is 0.417 e. The van der Waals surface area contributed by atoms with Crippen molar-refractivity contribution in [1.29, 1.82) is 0 Å². The van der Waals surface area contributed by atoms with E-state index >= 15 is 0 Å². The van der Waals surface area contributed by atoms with Gasteiger partial charge in [-0.25, -0.2) is 0 Å². The van der Waals surface area contributed by atoms with E-state index in [9.17, 15) is 22.8 Å². The van der Waals surface area contributed by atoms with Crippen LogP contribution in [0.5, 0.6) is 5.75 Å². The van der Waals surface area contributed by atoms with Gasteiger partial charge in [-0.3, -0.25) is 9.59 Å². The van der Waals surface area contributed by atoms with E-state index in [1.165, 1.54) is 23.1 Å². The second kappa shape index (κ2) is 10.1. The van der Waals surface area contributed by atoms with E-state index in [4.69, 9.17) is 4.74 Å². The first-order valence-corrected chi connectivity index (χ1v) is 11.0. The van der Waals surface area contributed by atoms with Crippen LogP contribution in [0.25, 0.3) is 0 Å². The molecule has 0 bridgehead atoms. The Hall–Kier alpha value is -4.01. The van der Waals surface area contributed by atoms with Crippen molar-refractivity contribution in [2.45, 2.75) is 6.18 Å². The third kappa shape index (κ3) is 5.40. The Labute approximate surface area is 200 Å². The van der Waals surface area contributed by atoms with Gasteiger partial charge in [0.25, 0.3) is 11.8 Å². The molecule has 6 nitrogen and oxygen atoms in total. The summed E-state index contributed by atoms with van der Waals surface area (Å²) in [7, 11) is 1.58. The van der Waals surface area contributed by atoms with E-state index in [-0.39, 0.29) is 37.6 Å². The number of amides is 2. The van der Waals surface area contributed by atoms with Gasteiger partial charge in [-0.15, -0.1) is 0 Å². The molecular weight excluding hydrogens is 459 g/mol. The van der Waals surface area contributed by atoms with Gasteiger partial charge >= 0.3 is 6.18 Å². The number of hydrogen-bond donors (Lipinski definition) is 1. The van der Waals surface area contributed by atoms with Gasteiger partial charge in [-0.2, -0.15) is 13.2 Å². The molecular formula is C26H24F3N3O3. The molecule has 0 atom stereocenters. The normalized spacial score (nSPS) is 13.9. The van der Waals surface area contributed by atoms with Gasteiger partial charge in [0, 0.05) is 31.9 Å². The van der Waals surface area contributed by atoms with Gasteiger partial charge in [-0.05, 0) is 48.5 Å². The van der Waals surface area contributed by atoms with Gasteiger partial charge in [0.1, 0.15) is 5.75 Å². The maximum absolute atomic E-state index is 13.3. The molecule has 0 aliphatic carbocycles. The number of para-hydroxylation sites is 1. The number of piperazine rings is 1. The molecule has 1 saturated heterocycles. The van der Waals surface area contributed by atoms with E-state index in [0.29, 0.717) is 17.0 Å². The van der Waals surface area contributed by atoms with E-state index < -0.39 is 17.6 Å². The van der Waals surface area contributed by atoms with Crippen molar-refractivity contribution in [3.63, 3.8) is 0 Å². The minimum Gasteiger partial charge on any atom is -0.497 e. The Morgan fingerprint density at radius 2 is 1.29 bits per heavy atom. The summed E-state index contributed by atoms with van der Waals surface area (Å²) in [6.45, 7) is 0.723. The van der Waals surface area contributed by atoms with Gasteiger partial charge in [-0.1, -0.05) is 24.3 Å². The monoisotopic (exact) mass is 483 g/mol. The summed E-state index contributed by atoms with van der Waals surface area (Å²) in [6.07, 6.45) is -4.62. The SMILES string of the molecule is COc1ccc(Nc2ccccc2C(=O)N2CCN(C(=O)c3ccccc3C(F)(F)F)CC2)cc1. The van der Waals surface area contributed by atoms with Crippen molar-refractivity contribution in [3.05, 3.63) is 89.5 Å². The topological polar surface area (TPSA) is 61.9 Å². The minimum absolute atomic E-state index is 0.144. The lowest BCUT2D eigenvalue weighted by atomic mass is 10.1. The van der Waals surface area contributed by atoms with Crippen LogP contribution >= 0.6 is 0 Å². The highest BCUT2D eigenvalue weighted by Crippen LogP contribution is 2.32. The highest BCUT2D eigenvalue weighted by atomic mass is 19.4. The quantitative estimate of drug-likeness (QED) is 0.552. The standard InChI is InChI=1S/C26H24F3N3O3/c1-35-19-12-10-18(11-13-19)30-23-9-5-3-7-21(23)25(34)32-16-14-31(15-17-32)24(33)20-6-2-4-8-22(20)26(27,28)29/h2-13,30H,14-17H2,1H3. The van der Waals surface area contributed by atoms with Crippen molar-refractivity contribution < 1.29 is 27.5 Å². The van der Waals surface area contributed by atoms with E-state index in [1.54, 1.807) is 42.3 Å². The summed E-state index contributed by atoms with van der Waals surface area (Å²) in [5.74, 6) is -0.193. The largest absolute Gasteiger partial charge is 0.497 e. The molecule has 1 N–H and O–H groups in total. The zero-order valence-electron chi connectivity index (χ0n) is 19.0. The summed E-state index contributed by atoms with van der Waals surface area (Å²) in [4.78, 5) is 29.0. The van der Waals surface area contributed by atoms with Crippen LogP contribution in [-0.4, -0.2) is 54.9 Å². The van der Waals surface area contributed by atoms with E-state index in [0.717, 1.165) is 11.8 Å². The van der Waals surface area contributed by atoms with Crippen molar-refractivity contribution >= 4 is 23.2 Å². The van der Waals surface area contributed by atoms with Crippen LogP contribution in [0.3, 0.4) is 0 Å². The molecule has 1 aliphatic rings. The number of ether oxygens (including phenoxy) is 1. The van der Waals surface area contributed by atoms with Crippen molar-refractivity contribution in [1.82, 2.24) is 9.80 Å². The number of halogens is 3. The molecule has 35 heavy (non-hydrogen) atoms. The lowest BCUT2D eigenvalue weighted by Gasteiger charge is -2.35. The van der Waals surface area contributed by atoms with Gasteiger partial charge < -0.3 is 19.9 Å². The maximum atomic E-state index is 13.3. The van der Waals surface area contributed by atoms with Crippen LogP contribution in [0.4, 0.5) is 24.5 Å². The van der Waals surface area contributed by atoms with Crippen LogP contribution in [0.15, 0.2) is 72.8 Å². The lowest BCUT2D eigenvalue weighted by molar-refractivity contribution is -0.138. The molecule has 0 radical (unpaired) electrons. The van der Waals surface area contributed by atoms with Crippen molar-refractivity contribution in [3.8, 4) is 5.75 Å². The third-order valence-electron chi connectivity index (χ3n) is 5.84. The van der Waals surface area contributed by atoms with Gasteiger partial charge in [0.05, 0.1) is 29.5 Å². The van der Waals surface area contributed by atoms with Crippen molar-refractivity contribution in [2.75, 3.05) is 38.6 Å². The number of hydrogen-bond acceptors (Lipinski definition) is 4. The lowest BCUT2D eigenvalue weighted by Crippen LogP contribution is -2.50. The predicted molar refractivity (Wildman–Crippen MR) is 126 cm³/mol. The first-order valence-electron chi connectivity index (χ1n) is 11.0. The molecule has 1 aliphatic heterocycles. The summed E-state index contributed by atoms with van der Waals surface area (Å²) in [6, 6.07) is 19.1. The smallest absolute Gasteiger partial charge is 0.417 e. The molecule has 0 saturated carbocycles. The number of alkyl halides is 3. The first-order chi connectivity index (χ1) is 16.8. The molecule has 0 aromatic heterocycles. The Morgan fingerprint density at radius 3 is 1.86 bits per heavy atom. The second-order valence-corrected chi connectivity index (χ2v) is 8.03. The predicted octanol–water partition coefficient (Wildman–Crippen LogP) is 5.06. The number of nitrogens with zero attached hydrogens (tertiary/aromatic N) is 2. The fraction of sp³-hybridized carbons (Fsp3) is 0.231. The second-order valence-electron chi connectivity index (χ2n) is 8.03. The summed E-state index contributed by atoms with van der Waals surface area (Å²) >= 11 is 0. The minimum atomic E-state index is -4.62. The van der Waals surface area contributed by atoms with Gasteiger partial charge in [0.2, 0.25) is 0 Å². The van der Waals surface area contributed by atoms with Crippen LogP contribution in [0.2, 0.25) is 0 Å². The summed E-state index contributed by atoms with van der Waals surface area (Å²) in [5.41, 5.74) is 0.534. The van der Waals surface area contributed by atoms with Crippen LogP contribution in [0.1, 0.15) is 26.3 Å². The number of nitrogens with one attached hydrogen (secondary N) is 1. The fourth-order valence-corrected chi connectivity index (χ4v) is 3.98. The Kier molecular flexibility index (Phi) is 6.95. The number of carbonyl (C=O) groups excluding carboxylic acids is 2. The molecule has 3 aromatic carbocycles. The average Bonchev–Trinajstić information content (AvgIpc) is 2.88. The number of anilines is 2. The molecule has 1 fully saturated rings. The van der Waals surface area contributed by atoms with Crippen LogP contribution < -0.4 is 10.1 Å². The zero-order valence-corrected chi connectivity index (χ0v) is 19.0. The number of carbonyl (C=O) groups is 2. The van der Waals surface area contributed by atoms with E-state index in [2.05, 4.69) is 5.32 Å². The average molecular weight is 483 g/mol. The molecule has 1 heterocycles. The molecule has 4 rings (SSSR count). The Morgan fingerprint density at radius 1 is 0.771 bits per heavy atom. The molecule has 2 amide bonds. The Bertz CT molecular complexity index is 1200. The van der Waals surface area contributed by atoms with Gasteiger partial charge in [0.15, 0.2) is 0 Å². The highest BCUT2D eigenvalue weighted by molar-refractivity contribution is 6.01. The van der Waals surface area contributed by atoms with E-state index in [1.807, 2.05) is 18.2 Å². The van der Waals surface area contributed by atoms with Crippen molar-refractivity contribution in [2.24, 2.45) is 0 Å². The first kappa shape index (κ1) is 24.1. The highest BCUT2D eigenvalue weighted by Gasteiger charge is 2.36. The Balaban J connectivity index is 1.44. The number of rotatable bonds is 5.